The molecular formula is C9H10ClNO2. The summed E-state index contributed by atoms with van der Waals surface area (Å²) in [6, 6.07) is 4.76. The van der Waals surface area contributed by atoms with E-state index in [0.29, 0.717) is 22.7 Å². The van der Waals surface area contributed by atoms with Crippen LogP contribution in [0.3, 0.4) is 0 Å². The third-order valence-corrected chi connectivity index (χ3v) is 1.89. The van der Waals surface area contributed by atoms with Crippen molar-refractivity contribution in [3.63, 3.8) is 0 Å². The largest absolute Gasteiger partial charge is 0.508 e. The maximum absolute atomic E-state index is 9.38. The number of aromatic hydroxyl groups is 1. The van der Waals surface area contributed by atoms with Gasteiger partial charge in [0.2, 0.25) is 0 Å². The normalized spacial score (nSPS) is 11.7. The molecule has 0 aromatic heterocycles. The van der Waals surface area contributed by atoms with E-state index in [2.05, 4.69) is 5.16 Å². The smallest absolute Gasteiger partial charge is 0.119 e. The van der Waals surface area contributed by atoms with Gasteiger partial charge in [-0.05, 0) is 25.1 Å². The first-order valence-electron chi connectivity index (χ1n) is 3.78. The number of oxime groups is 1. The van der Waals surface area contributed by atoms with Crippen LogP contribution in [0, 0.1) is 0 Å². The molecule has 0 atom stereocenters. The predicted molar refractivity (Wildman–Crippen MR) is 51.7 cm³/mol. The van der Waals surface area contributed by atoms with E-state index in [1.807, 2.05) is 0 Å². The molecule has 3 nitrogen and oxygen atoms in total. The number of halogens is 1. The highest BCUT2D eigenvalue weighted by atomic mass is 35.5. The van der Waals surface area contributed by atoms with Crippen molar-refractivity contribution in [3.8, 4) is 5.75 Å². The number of rotatable bonds is 2. The standard InChI is InChI=1S/C9H10ClNO2/c1-6(11-13)4-7-5-8(10)2-3-9(7)12/h2-3,5,12-13H,4H2,1H3/b11-6+. The van der Waals surface area contributed by atoms with Crippen LogP contribution in [0.5, 0.6) is 5.75 Å². The molecule has 70 valence electrons. The van der Waals surface area contributed by atoms with Crippen molar-refractivity contribution in [3.05, 3.63) is 28.8 Å². The second-order valence-electron chi connectivity index (χ2n) is 2.79. The first-order valence-corrected chi connectivity index (χ1v) is 4.16. The minimum Gasteiger partial charge on any atom is -0.508 e. The summed E-state index contributed by atoms with van der Waals surface area (Å²) >= 11 is 5.73. The molecule has 13 heavy (non-hydrogen) atoms. The highest BCUT2D eigenvalue weighted by molar-refractivity contribution is 6.30. The molecule has 0 fully saturated rings. The maximum Gasteiger partial charge on any atom is 0.119 e. The third-order valence-electron chi connectivity index (χ3n) is 1.66. The molecule has 0 unspecified atom stereocenters. The number of hydrogen-bond donors (Lipinski definition) is 2. The van der Waals surface area contributed by atoms with Crippen LogP contribution in [0.15, 0.2) is 23.4 Å². The average molecular weight is 200 g/mol. The molecule has 0 bridgehead atoms. The van der Waals surface area contributed by atoms with Gasteiger partial charge in [0.1, 0.15) is 5.75 Å². The monoisotopic (exact) mass is 199 g/mol. The second-order valence-corrected chi connectivity index (χ2v) is 3.22. The van der Waals surface area contributed by atoms with Crippen LogP contribution in [-0.4, -0.2) is 16.0 Å². The van der Waals surface area contributed by atoms with Crippen molar-refractivity contribution in [2.45, 2.75) is 13.3 Å². The summed E-state index contributed by atoms with van der Waals surface area (Å²) < 4.78 is 0. The Labute approximate surface area is 81.3 Å². The van der Waals surface area contributed by atoms with Crippen molar-refractivity contribution in [2.24, 2.45) is 5.16 Å². The SMILES string of the molecule is C/C(Cc1cc(Cl)ccc1O)=N\O. The summed E-state index contributed by atoms with van der Waals surface area (Å²) in [6.07, 6.45) is 0.392. The highest BCUT2D eigenvalue weighted by Gasteiger charge is 2.03. The van der Waals surface area contributed by atoms with Crippen LogP contribution in [0.2, 0.25) is 5.02 Å². The summed E-state index contributed by atoms with van der Waals surface area (Å²) in [7, 11) is 0. The van der Waals surface area contributed by atoms with Crippen molar-refractivity contribution in [2.75, 3.05) is 0 Å². The minimum absolute atomic E-state index is 0.160. The van der Waals surface area contributed by atoms with E-state index in [0.717, 1.165) is 0 Å². The molecule has 0 amide bonds. The van der Waals surface area contributed by atoms with E-state index in [1.54, 1.807) is 19.1 Å². The minimum atomic E-state index is 0.160. The first-order chi connectivity index (χ1) is 6.13. The van der Waals surface area contributed by atoms with Gasteiger partial charge in [-0.2, -0.15) is 0 Å². The quantitative estimate of drug-likeness (QED) is 0.437. The van der Waals surface area contributed by atoms with Crippen LogP contribution in [-0.2, 0) is 6.42 Å². The van der Waals surface area contributed by atoms with Gasteiger partial charge in [-0.15, -0.1) is 0 Å². The van der Waals surface area contributed by atoms with Gasteiger partial charge >= 0.3 is 0 Å². The van der Waals surface area contributed by atoms with Crippen LogP contribution in [0.25, 0.3) is 0 Å². The van der Waals surface area contributed by atoms with E-state index in [1.165, 1.54) is 6.07 Å². The zero-order valence-corrected chi connectivity index (χ0v) is 7.91. The van der Waals surface area contributed by atoms with Crippen LogP contribution in [0.1, 0.15) is 12.5 Å². The van der Waals surface area contributed by atoms with Crippen LogP contribution in [0.4, 0.5) is 0 Å². The molecular weight excluding hydrogens is 190 g/mol. The maximum atomic E-state index is 9.38. The lowest BCUT2D eigenvalue weighted by Crippen LogP contribution is -1.97. The van der Waals surface area contributed by atoms with E-state index < -0.39 is 0 Å². The number of phenolic OH excluding ortho intramolecular Hbond substituents is 1. The predicted octanol–water partition coefficient (Wildman–Crippen LogP) is 2.44. The molecule has 0 radical (unpaired) electrons. The third kappa shape index (κ3) is 2.63. The molecule has 0 spiro atoms. The summed E-state index contributed by atoms with van der Waals surface area (Å²) in [4.78, 5) is 0. The fraction of sp³-hybridized carbons (Fsp3) is 0.222. The Morgan fingerprint density at radius 1 is 1.54 bits per heavy atom. The number of hydrogen-bond acceptors (Lipinski definition) is 3. The lowest BCUT2D eigenvalue weighted by Gasteiger charge is -2.03. The zero-order valence-electron chi connectivity index (χ0n) is 7.16. The van der Waals surface area contributed by atoms with Crippen LogP contribution >= 0.6 is 11.6 Å². The summed E-state index contributed by atoms with van der Waals surface area (Å²) in [5.41, 5.74) is 1.18. The number of nitrogens with zero attached hydrogens (tertiary/aromatic N) is 1. The number of phenols is 1. The second kappa shape index (κ2) is 4.14. The molecule has 0 aliphatic carbocycles. The van der Waals surface area contributed by atoms with Crippen molar-refractivity contribution in [1.82, 2.24) is 0 Å². The Morgan fingerprint density at radius 2 is 2.23 bits per heavy atom. The number of benzene rings is 1. The van der Waals surface area contributed by atoms with Gasteiger partial charge in [-0.1, -0.05) is 16.8 Å². The molecule has 2 N–H and O–H groups in total. The molecule has 0 saturated carbocycles. The zero-order chi connectivity index (χ0) is 9.84. The topological polar surface area (TPSA) is 52.8 Å². The Bertz CT molecular complexity index is 336. The van der Waals surface area contributed by atoms with Crippen LogP contribution < -0.4 is 0 Å². The van der Waals surface area contributed by atoms with Gasteiger partial charge in [-0.25, -0.2) is 0 Å². The van der Waals surface area contributed by atoms with Crippen molar-refractivity contribution in [1.29, 1.82) is 0 Å². The fourth-order valence-electron chi connectivity index (χ4n) is 1.01. The van der Waals surface area contributed by atoms with Gasteiger partial charge in [0, 0.05) is 17.0 Å². The Balaban J connectivity index is 2.94. The average Bonchev–Trinajstić information content (AvgIpc) is 2.11. The lowest BCUT2D eigenvalue weighted by atomic mass is 10.1. The van der Waals surface area contributed by atoms with E-state index in [9.17, 15) is 5.11 Å². The van der Waals surface area contributed by atoms with Gasteiger partial charge in [0.15, 0.2) is 0 Å². The summed E-state index contributed by atoms with van der Waals surface area (Å²) in [6.45, 7) is 1.67. The van der Waals surface area contributed by atoms with Gasteiger partial charge < -0.3 is 10.3 Å². The van der Waals surface area contributed by atoms with E-state index in [-0.39, 0.29) is 5.75 Å². The molecule has 0 saturated heterocycles. The summed E-state index contributed by atoms with van der Waals surface area (Å²) in [5, 5.41) is 21.4. The molecule has 0 aliphatic rings. The first kappa shape index (κ1) is 9.86. The molecule has 1 aromatic rings. The van der Waals surface area contributed by atoms with E-state index in [4.69, 9.17) is 16.8 Å². The highest BCUT2D eigenvalue weighted by Crippen LogP contribution is 2.21. The van der Waals surface area contributed by atoms with Gasteiger partial charge in [-0.3, -0.25) is 0 Å². The van der Waals surface area contributed by atoms with E-state index >= 15 is 0 Å². The lowest BCUT2D eigenvalue weighted by molar-refractivity contribution is 0.317. The molecule has 0 aliphatic heterocycles. The summed E-state index contributed by atoms with van der Waals surface area (Å²) in [5.74, 6) is 0.160. The van der Waals surface area contributed by atoms with Crippen molar-refractivity contribution < 1.29 is 10.3 Å². The Hall–Kier alpha value is -1.22. The molecule has 0 heterocycles. The molecule has 4 heteroatoms. The van der Waals surface area contributed by atoms with Gasteiger partial charge in [0.05, 0.1) is 5.71 Å². The molecule has 1 aromatic carbocycles. The van der Waals surface area contributed by atoms with Gasteiger partial charge in [0.25, 0.3) is 0 Å². The fourth-order valence-corrected chi connectivity index (χ4v) is 1.20. The molecule has 1 rings (SSSR count). The Morgan fingerprint density at radius 3 is 2.85 bits per heavy atom. The Kier molecular flexibility index (Phi) is 3.14. The van der Waals surface area contributed by atoms with Crippen molar-refractivity contribution >= 4 is 17.3 Å².